The summed E-state index contributed by atoms with van der Waals surface area (Å²) in [6, 6.07) is 0. The van der Waals surface area contributed by atoms with Crippen molar-refractivity contribution in [2.24, 2.45) is 0 Å². The maximum absolute atomic E-state index is 11.4. The molecule has 3 nitrogen and oxygen atoms in total. The molecule has 0 saturated carbocycles. The fourth-order valence-corrected chi connectivity index (χ4v) is 0.611. The van der Waals surface area contributed by atoms with Gasteiger partial charge in [0.15, 0.2) is 0 Å². The maximum atomic E-state index is 11.4. The molecule has 0 spiro atoms. The number of hydrogen-bond acceptors (Lipinski definition) is 2. The Hall–Kier alpha value is -0.570. The standard InChI is InChI=1S/C19H38O3/c1-2-3-4-12-15-18(20)16-13-10-8-6-5-7-9-11-14-17-19(21)22/h18,20H,2-17H2,1H3,(H,21,22)/i1D3,2D2,3D2,4D2,5D2,6D2,7D2,8D2,9D2,10D2,11D2,12D2,13D2,14D2,15D2,16D2,17D2. The monoisotopic (exact) mass is 350 g/mol. The number of carboxylic acid groups (broad SMARTS) is 1. The van der Waals surface area contributed by atoms with Gasteiger partial charge in [0.25, 0.3) is 0 Å². The molecule has 0 aliphatic carbocycles. The second kappa shape index (κ2) is 16.8. The third-order valence-electron chi connectivity index (χ3n) is 1.27. The van der Waals surface area contributed by atoms with Gasteiger partial charge in [-0.25, -0.2) is 0 Å². The summed E-state index contributed by atoms with van der Waals surface area (Å²) in [6.07, 6.45) is -83.1. The Morgan fingerprint density at radius 3 is 1.82 bits per heavy atom. The summed E-state index contributed by atoms with van der Waals surface area (Å²) >= 11 is 0. The molecule has 2 N–H and O–H groups in total. The second-order valence-electron chi connectivity index (χ2n) is 2.75. The van der Waals surface area contributed by atoms with Gasteiger partial charge in [0.05, 0.1) is 6.10 Å². The first kappa shape index (κ1) is 2.91. The number of aliphatic carboxylic acids is 1. The summed E-state index contributed by atoms with van der Waals surface area (Å²) in [5, 5.41) is 19.9. The number of rotatable bonds is 17. The van der Waals surface area contributed by atoms with Crippen LogP contribution in [0.15, 0.2) is 0 Å². The Bertz CT molecular complexity index is 1500. The van der Waals surface area contributed by atoms with E-state index >= 15 is 0 Å². The average molecular weight is 350 g/mol. The van der Waals surface area contributed by atoms with Gasteiger partial charge >= 0.3 is 5.97 Å². The van der Waals surface area contributed by atoms with Crippen molar-refractivity contribution >= 4 is 5.97 Å². The molecule has 0 heterocycles. The molecule has 0 saturated heterocycles. The van der Waals surface area contributed by atoms with E-state index in [4.69, 9.17) is 53.1 Å². The van der Waals surface area contributed by atoms with Crippen LogP contribution in [0.1, 0.15) is 157 Å². The van der Waals surface area contributed by atoms with E-state index < -0.39 is 121 Å². The van der Waals surface area contributed by atoms with E-state index in [0.717, 1.165) is 0 Å². The van der Waals surface area contributed by atoms with E-state index in [1.807, 2.05) is 0 Å². The summed E-state index contributed by atoms with van der Waals surface area (Å²) in [5.41, 5.74) is 0. The third-order valence-corrected chi connectivity index (χ3v) is 1.27. The van der Waals surface area contributed by atoms with Crippen LogP contribution in [0, 0.1) is 0 Å². The van der Waals surface area contributed by atoms with Gasteiger partial charge < -0.3 is 10.2 Å². The van der Waals surface area contributed by atoms with E-state index in [1.165, 1.54) is 0 Å². The number of aliphatic hydroxyl groups is 1. The summed E-state index contributed by atoms with van der Waals surface area (Å²) in [7, 11) is 0. The Morgan fingerprint density at radius 1 is 0.864 bits per heavy atom. The minimum absolute atomic E-state index is 2.81. The molecule has 22 heavy (non-hydrogen) atoms. The predicted molar refractivity (Wildman–Crippen MR) is 93.2 cm³/mol. The topological polar surface area (TPSA) is 57.5 Å². The summed E-state index contributed by atoms with van der Waals surface area (Å²) in [5.74, 6) is -2.81. The van der Waals surface area contributed by atoms with Gasteiger partial charge in [-0.15, -0.1) is 0 Å². The Kier molecular flexibility index (Phi) is 2.22. The quantitative estimate of drug-likeness (QED) is 0.354. The van der Waals surface area contributed by atoms with E-state index in [2.05, 4.69) is 0 Å². The zero-order valence-corrected chi connectivity index (χ0v) is 10.9. The van der Waals surface area contributed by atoms with Crippen LogP contribution >= 0.6 is 0 Å². The van der Waals surface area contributed by atoms with Crippen molar-refractivity contribution in [1.29, 1.82) is 0 Å². The normalized spacial score (nSPS) is 47.0. The average Bonchev–Trinajstić information content (AvgIpc) is 2.98. The molecule has 0 aliphatic heterocycles. The molecule has 1 unspecified atom stereocenters. The predicted octanol–water partition coefficient (Wildman–Crippen LogP) is 5.69. The van der Waals surface area contributed by atoms with Crippen LogP contribution in [0.25, 0.3) is 0 Å². The van der Waals surface area contributed by atoms with Gasteiger partial charge in [0.1, 0.15) is 0 Å². The molecule has 0 radical (unpaired) electrons. The van der Waals surface area contributed by atoms with E-state index in [9.17, 15) is 9.90 Å². The Balaban J connectivity index is 7.72. The molecule has 0 fully saturated rings. The van der Waals surface area contributed by atoms with Crippen LogP contribution in [0.2, 0.25) is 0 Å². The largest absolute Gasteiger partial charge is 0.481 e. The summed E-state index contributed by atoms with van der Waals surface area (Å²) in [6.45, 7) is -4.13. The number of hydrogen-bond donors (Lipinski definition) is 2. The number of carboxylic acids is 1. The molecule has 0 aromatic heterocycles. The van der Waals surface area contributed by atoms with Gasteiger partial charge in [-0.1, -0.05) is 83.3 Å². The first-order valence-electron chi connectivity index (χ1n) is 22.8. The first-order chi connectivity index (χ1) is 23.8. The zero-order valence-electron chi connectivity index (χ0n) is 45.9. The Morgan fingerprint density at radius 2 is 1.32 bits per heavy atom. The summed E-state index contributed by atoms with van der Waals surface area (Å²) < 4.78 is 277. The van der Waals surface area contributed by atoms with E-state index in [-0.39, 0.29) is 0 Å². The van der Waals surface area contributed by atoms with Crippen LogP contribution in [-0.4, -0.2) is 22.3 Å². The smallest absolute Gasteiger partial charge is 0.303 e. The summed E-state index contributed by atoms with van der Waals surface area (Å²) in [4.78, 5) is 11.4. The van der Waals surface area contributed by atoms with Crippen LogP contribution in [0.3, 0.4) is 0 Å². The van der Waals surface area contributed by atoms with Crippen molar-refractivity contribution in [2.75, 3.05) is 0 Å². The van der Waals surface area contributed by atoms with Crippen LogP contribution in [0.4, 0.5) is 0 Å². The maximum Gasteiger partial charge on any atom is 0.303 e. The highest BCUT2D eigenvalue weighted by Crippen LogP contribution is 2.14. The molecule has 0 aromatic rings. The number of carbonyl (C=O) groups is 1. The highest BCUT2D eigenvalue weighted by atomic mass is 16.4. The van der Waals surface area contributed by atoms with E-state index in [0.29, 0.717) is 0 Å². The van der Waals surface area contributed by atoms with Crippen molar-refractivity contribution < 1.29 is 63.0 Å². The van der Waals surface area contributed by atoms with Gasteiger partial charge in [-0.2, -0.15) is 0 Å². The molecule has 0 bridgehead atoms. The van der Waals surface area contributed by atoms with Gasteiger partial charge in [0.2, 0.25) is 0 Å². The molecular weight excluding hydrogens is 276 g/mol. The van der Waals surface area contributed by atoms with Crippen molar-refractivity contribution in [1.82, 2.24) is 0 Å². The fourth-order valence-electron chi connectivity index (χ4n) is 0.611. The fraction of sp³-hybridized carbons (Fsp3) is 0.947. The lowest BCUT2D eigenvalue weighted by Crippen LogP contribution is -2.05. The van der Waals surface area contributed by atoms with Crippen molar-refractivity contribution in [3.8, 4) is 0 Å². The molecule has 0 aromatic carbocycles. The zero-order chi connectivity index (χ0) is 47.7. The van der Waals surface area contributed by atoms with Gasteiger partial charge in [-0.05, 0) is 19.1 Å². The van der Waals surface area contributed by atoms with Crippen LogP contribution in [-0.2, 0) is 4.79 Å². The van der Waals surface area contributed by atoms with Crippen molar-refractivity contribution in [3.05, 3.63) is 0 Å². The highest BCUT2D eigenvalue weighted by Gasteiger charge is 2.03. The molecule has 0 aliphatic rings. The third kappa shape index (κ3) is 17.5. The van der Waals surface area contributed by atoms with Crippen LogP contribution in [0.5, 0.6) is 0 Å². The minimum Gasteiger partial charge on any atom is -0.481 e. The minimum atomic E-state index is -5.22. The Labute approximate surface area is 186 Å². The molecule has 132 valence electrons. The molecule has 1 atom stereocenters. The van der Waals surface area contributed by atoms with Gasteiger partial charge in [-0.3, -0.25) is 4.79 Å². The number of aliphatic hydroxyl groups excluding tert-OH is 1. The molecular formula is C19H38O3. The SMILES string of the molecule is [2H]C([2H])([2H])C([2H])([2H])C([2H])([2H])C([2H])([2H])C([2H])([2H])C([2H])([2H])C(O)C([2H])([2H])C([2H])([2H])C([2H])([2H])C([2H])([2H])C([2H])([2H])C([2H])([2H])C([2H])([2H])C([2H])([2H])C([2H])([2H])C([2H])([2H])C([2H])([2H])C(=O)O. The molecule has 3 heteroatoms. The van der Waals surface area contributed by atoms with Crippen molar-refractivity contribution in [3.63, 3.8) is 0 Å². The molecule has 0 amide bonds. The van der Waals surface area contributed by atoms with E-state index in [1.54, 1.807) is 0 Å². The lowest BCUT2D eigenvalue weighted by atomic mass is 10.0. The second-order valence-corrected chi connectivity index (χ2v) is 2.75. The molecule has 0 rings (SSSR count). The highest BCUT2D eigenvalue weighted by molar-refractivity contribution is 5.66. The van der Waals surface area contributed by atoms with Gasteiger partial charge in [0, 0.05) is 54.3 Å². The van der Waals surface area contributed by atoms with Crippen molar-refractivity contribution in [2.45, 2.75) is 115 Å². The lowest BCUT2D eigenvalue weighted by Gasteiger charge is -2.10. The lowest BCUT2D eigenvalue weighted by molar-refractivity contribution is -0.137. The van der Waals surface area contributed by atoms with Crippen LogP contribution < -0.4 is 0 Å². The first-order valence-corrected chi connectivity index (χ1v) is 5.26.